The number of carbonyl (C=O) groups is 2. The first-order chi connectivity index (χ1) is 12.5. The van der Waals surface area contributed by atoms with Crippen LogP contribution < -0.4 is 9.64 Å². The van der Waals surface area contributed by atoms with E-state index in [1.165, 1.54) is 24.3 Å². The summed E-state index contributed by atoms with van der Waals surface area (Å²) in [6.45, 7) is 0.598. The molecular formula is C18H12F5NO3. The lowest BCUT2D eigenvalue weighted by Gasteiger charge is -2.34. The highest BCUT2D eigenvalue weighted by Gasteiger charge is 2.51. The van der Waals surface area contributed by atoms with Crippen molar-refractivity contribution in [3.8, 4) is 5.75 Å². The molecule has 1 aliphatic rings. The van der Waals surface area contributed by atoms with Crippen molar-refractivity contribution < 1.29 is 36.3 Å². The number of halogens is 5. The summed E-state index contributed by atoms with van der Waals surface area (Å²) in [7, 11) is 0. The molecule has 1 aliphatic heterocycles. The summed E-state index contributed by atoms with van der Waals surface area (Å²) in [5.41, 5.74) is -1.25. The maximum Gasteiger partial charge on any atom is 0.483 e. The number of amides is 1. The lowest BCUT2D eigenvalue weighted by Crippen LogP contribution is -2.50. The molecule has 0 aliphatic carbocycles. The number of anilines is 1. The number of fused-ring (bicyclic) bond motifs is 1. The molecule has 0 fully saturated rings. The van der Waals surface area contributed by atoms with E-state index in [9.17, 15) is 31.5 Å². The predicted molar refractivity (Wildman–Crippen MR) is 84.7 cm³/mol. The number of ether oxygens (including phenoxy) is 1. The number of carbonyl (C=O) groups excluding carboxylic acids is 2. The molecule has 0 atom stereocenters. The molecule has 0 N–H and O–H groups in total. The van der Waals surface area contributed by atoms with E-state index in [1.54, 1.807) is 0 Å². The van der Waals surface area contributed by atoms with Crippen LogP contribution in [0, 0.1) is 0 Å². The van der Waals surface area contributed by atoms with Crippen LogP contribution in [-0.4, -0.2) is 17.8 Å². The fourth-order valence-corrected chi connectivity index (χ4v) is 2.75. The van der Waals surface area contributed by atoms with Gasteiger partial charge >= 0.3 is 18.2 Å². The third-order valence-corrected chi connectivity index (χ3v) is 3.98. The van der Waals surface area contributed by atoms with Crippen LogP contribution in [0.25, 0.3) is 0 Å². The summed E-state index contributed by atoms with van der Waals surface area (Å²) in [5, 5.41) is 0. The van der Waals surface area contributed by atoms with Gasteiger partial charge in [-0.1, -0.05) is 18.2 Å². The summed E-state index contributed by atoms with van der Waals surface area (Å²) < 4.78 is 71.1. The fraction of sp³-hybridized carbons (Fsp3) is 0.222. The van der Waals surface area contributed by atoms with Crippen molar-refractivity contribution in [2.45, 2.75) is 25.8 Å². The lowest BCUT2D eigenvalue weighted by atomic mass is 10.1. The van der Waals surface area contributed by atoms with Gasteiger partial charge in [-0.05, 0) is 36.8 Å². The highest BCUT2D eigenvalue weighted by atomic mass is 19.4. The van der Waals surface area contributed by atoms with E-state index in [0.717, 1.165) is 25.1 Å². The van der Waals surface area contributed by atoms with Gasteiger partial charge in [-0.15, -0.1) is 0 Å². The SMILES string of the molecule is CC(=O)c1cccc2c1OC(F)(F)C(=O)N2Cc1cccc(C(F)(F)F)c1. The van der Waals surface area contributed by atoms with E-state index >= 15 is 0 Å². The van der Waals surface area contributed by atoms with Gasteiger partial charge in [-0.2, -0.15) is 22.0 Å². The Labute approximate surface area is 150 Å². The van der Waals surface area contributed by atoms with Crippen LogP contribution in [0.1, 0.15) is 28.4 Å². The summed E-state index contributed by atoms with van der Waals surface area (Å²) in [4.78, 5) is 24.4. The summed E-state index contributed by atoms with van der Waals surface area (Å²) >= 11 is 0. The molecule has 0 saturated heterocycles. The Hall–Kier alpha value is -2.97. The Morgan fingerprint density at radius 1 is 1.15 bits per heavy atom. The molecule has 0 spiro atoms. The molecule has 1 amide bonds. The van der Waals surface area contributed by atoms with Crippen LogP contribution in [0.5, 0.6) is 5.75 Å². The van der Waals surface area contributed by atoms with Gasteiger partial charge in [0, 0.05) is 0 Å². The number of rotatable bonds is 3. The minimum absolute atomic E-state index is 0.00458. The van der Waals surface area contributed by atoms with E-state index in [0.29, 0.717) is 4.90 Å². The summed E-state index contributed by atoms with van der Waals surface area (Å²) in [6.07, 6.45) is -8.87. The zero-order chi connectivity index (χ0) is 20.0. The molecular weight excluding hydrogens is 373 g/mol. The van der Waals surface area contributed by atoms with E-state index in [-0.39, 0.29) is 16.8 Å². The number of hydrogen-bond acceptors (Lipinski definition) is 3. The molecule has 9 heteroatoms. The van der Waals surface area contributed by atoms with Crippen LogP contribution >= 0.6 is 0 Å². The largest absolute Gasteiger partial charge is 0.483 e. The number of alkyl halides is 5. The first-order valence-corrected chi connectivity index (χ1v) is 7.69. The van der Waals surface area contributed by atoms with Crippen LogP contribution in [-0.2, 0) is 17.5 Å². The van der Waals surface area contributed by atoms with E-state index in [1.807, 2.05) is 0 Å². The van der Waals surface area contributed by atoms with Gasteiger partial charge in [0.25, 0.3) is 0 Å². The Kier molecular flexibility index (Phi) is 4.41. The second kappa shape index (κ2) is 6.33. The lowest BCUT2D eigenvalue weighted by molar-refractivity contribution is -0.193. The van der Waals surface area contributed by atoms with Crippen molar-refractivity contribution in [2.75, 3.05) is 4.90 Å². The van der Waals surface area contributed by atoms with Crippen molar-refractivity contribution in [2.24, 2.45) is 0 Å². The molecule has 1 heterocycles. The Balaban J connectivity index is 2.07. The van der Waals surface area contributed by atoms with E-state index in [4.69, 9.17) is 0 Å². The topological polar surface area (TPSA) is 46.6 Å². The van der Waals surface area contributed by atoms with E-state index in [2.05, 4.69) is 4.74 Å². The van der Waals surface area contributed by atoms with Gasteiger partial charge in [0.1, 0.15) is 0 Å². The van der Waals surface area contributed by atoms with Gasteiger partial charge in [-0.3, -0.25) is 14.5 Å². The van der Waals surface area contributed by atoms with Crippen molar-refractivity contribution in [1.82, 2.24) is 0 Å². The molecule has 0 bridgehead atoms. The van der Waals surface area contributed by atoms with E-state index < -0.39 is 41.8 Å². The average Bonchev–Trinajstić information content (AvgIpc) is 2.57. The number of ketones is 1. The summed E-state index contributed by atoms with van der Waals surface area (Å²) in [6, 6.07) is 7.92. The smallest absolute Gasteiger partial charge is 0.422 e. The van der Waals surface area contributed by atoms with Gasteiger partial charge < -0.3 is 4.74 Å². The van der Waals surface area contributed by atoms with Crippen LogP contribution in [0.2, 0.25) is 0 Å². The van der Waals surface area contributed by atoms with Gasteiger partial charge in [-0.25, -0.2) is 0 Å². The molecule has 3 rings (SSSR count). The zero-order valence-corrected chi connectivity index (χ0v) is 13.8. The first kappa shape index (κ1) is 18.8. The predicted octanol–water partition coefficient (Wildman–Crippen LogP) is 4.43. The highest BCUT2D eigenvalue weighted by molar-refractivity contribution is 6.05. The van der Waals surface area contributed by atoms with Crippen molar-refractivity contribution >= 4 is 17.4 Å². The molecule has 27 heavy (non-hydrogen) atoms. The van der Waals surface area contributed by atoms with Crippen molar-refractivity contribution in [1.29, 1.82) is 0 Å². The zero-order valence-electron chi connectivity index (χ0n) is 13.8. The minimum Gasteiger partial charge on any atom is -0.422 e. The number of nitrogens with zero attached hydrogens (tertiary/aromatic N) is 1. The Bertz CT molecular complexity index is 923. The molecule has 2 aromatic carbocycles. The number of hydrogen-bond donors (Lipinski definition) is 0. The second-order valence-electron chi connectivity index (χ2n) is 5.92. The van der Waals surface area contributed by atoms with Crippen molar-refractivity contribution in [3.63, 3.8) is 0 Å². The molecule has 0 radical (unpaired) electrons. The average molecular weight is 385 g/mol. The number of benzene rings is 2. The van der Waals surface area contributed by atoms with Crippen LogP contribution in [0.4, 0.5) is 27.6 Å². The van der Waals surface area contributed by atoms with Gasteiger partial charge in [0.05, 0.1) is 23.4 Å². The normalized spacial score (nSPS) is 15.9. The van der Waals surface area contributed by atoms with Gasteiger partial charge in [0.15, 0.2) is 11.5 Å². The fourth-order valence-electron chi connectivity index (χ4n) is 2.75. The first-order valence-electron chi connectivity index (χ1n) is 7.69. The number of Topliss-reactive ketones (excluding diaryl/α,β-unsaturated/α-hetero) is 1. The number of para-hydroxylation sites is 1. The minimum atomic E-state index is -4.62. The monoisotopic (exact) mass is 385 g/mol. The standard InChI is InChI=1S/C18H12F5NO3/c1-10(25)13-6-3-7-14-15(13)27-18(22,23)16(26)24(14)9-11-4-2-5-12(8-11)17(19,20)21/h2-8H,9H2,1H3. The molecule has 4 nitrogen and oxygen atoms in total. The molecule has 0 saturated carbocycles. The van der Waals surface area contributed by atoms with Crippen molar-refractivity contribution in [3.05, 3.63) is 59.2 Å². The highest BCUT2D eigenvalue weighted by Crippen LogP contribution is 2.42. The molecule has 0 unspecified atom stereocenters. The summed E-state index contributed by atoms with van der Waals surface area (Å²) in [5.74, 6) is -2.77. The molecule has 142 valence electrons. The molecule has 0 aromatic heterocycles. The Morgan fingerprint density at radius 2 is 1.81 bits per heavy atom. The third kappa shape index (κ3) is 3.49. The van der Waals surface area contributed by atoms with Crippen LogP contribution in [0.3, 0.4) is 0 Å². The molecule has 2 aromatic rings. The van der Waals surface area contributed by atoms with Crippen LogP contribution in [0.15, 0.2) is 42.5 Å². The second-order valence-corrected chi connectivity index (χ2v) is 5.92. The maximum atomic E-state index is 14.0. The quantitative estimate of drug-likeness (QED) is 0.580. The third-order valence-electron chi connectivity index (χ3n) is 3.98. The Morgan fingerprint density at radius 3 is 2.44 bits per heavy atom. The maximum absolute atomic E-state index is 14.0. The van der Waals surface area contributed by atoms with Gasteiger partial charge in [0.2, 0.25) is 0 Å².